The van der Waals surface area contributed by atoms with E-state index in [1.807, 2.05) is 12.1 Å². The predicted octanol–water partition coefficient (Wildman–Crippen LogP) is 4.39. The second-order valence-corrected chi connectivity index (χ2v) is 8.02. The number of carbonyl (C=O) groups is 1. The molecule has 1 heterocycles. The number of rotatable bonds is 10. The summed E-state index contributed by atoms with van der Waals surface area (Å²) in [6.45, 7) is 3.10. The van der Waals surface area contributed by atoms with Crippen LogP contribution in [0.15, 0.2) is 27.8 Å². The molecule has 0 spiro atoms. The number of aliphatic carboxylic acids is 1. The van der Waals surface area contributed by atoms with Crippen LogP contribution in [0.25, 0.3) is 0 Å². The van der Waals surface area contributed by atoms with E-state index in [9.17, 15) is 9.90 Å². The van der Waals surface area contributed by atoms with Gasteiger partial charge in [-0.15, -0.1) is 0 Å². The van der Waals surface area contributed by atoms with Crippen molar-refractivity contribution in [1.29, 1.82) is 0 Å². The van der Waals surface area contributed by atoms with E-state index in [0.717, 1.165) is 30.2 Å². The summed E-state index contributed by atoms with van der Waals surface area (Å²) in [6, 6.07) is 5.49. The van der Waals surface area contributed by atoms with E-state index in [0.29, 0.717) is 42.6 Å². The molecule has 1 saturated carbocycles. The van der Waals surface area contributed by atoms with Gasteiger partial charge < -0.3 is 19.4 Å². The third kappa shape index (κ3) is 5.23. The quantitative estimate of drug-likeness (QED) is 0.546. The van der Waals surface area contributed by atoms with Gasteiger partial charge in [0.1, 0.15) is 24.2 Å². The summed E-state index contributed by atoms with van der Waals surface area (Å²) in [5.41, 5.74) is 1.36. The van der Waals surface area contributed by atoms with Gasteiger partial charge in [-0.1, -0.05) is 53.7 Å². The van der Waals surface area contributed by atoms with Crippen LogP contribution >= 0.6 is 15.9 Å². The molecule has 1 N–H and O–H groups in total. The Bertz CT molecular complexity index is 689. The molecule has 2 unspecified atom stereocenters. The highest BCUT2D eigenvalue weighted by molar-refractivity contribution is 9.10. The maximum atomic E-state index is 11.7. The van der Waals surface area contributed by atoms with E-state index in [1.54, 1.807) is 6.07 Å². The van der Waals surface area contributed by atoms with E-state index < -0.39 is 12.1 Å². The molecule has 0 aromatic heterocycles. The Balaban J connectivity index is 1.78. The van der Waals surface area contributed by atoms with Crippen molar-refractivity contribution in [3.8, 4) is 5.75 Å². The average Bonchev–Trinajstić information content (AvgIpc) is 3.06. The number of hydrogen-bond acceptors (Lipinski definition) is 5. The minimum Gasteiger partial charge on any atom is -0.479 e. The lowest BCUT2D eigenvalue weighted by atomic mass is 9.81. The topological polar surface area (TPSA) is 77.3 Å². The molecule has 1 aliphatic heterocycles. The Morgan fingerprint density at radius 3 is 2.93 bits per heavy atom. The lowest BCUT2D eigenvalue weighted by Crippen LogP contribution is -2.32. The first-order chi connectivity index (χ1) is 13.1. The summed E-state index contributed by atoms with van der Waals surface area (Å²) in [5, 5.41) is 13.7. The van der Waals surface area contributed by atoms with Crippen LogP contribution in [-0.4, -0.2) is 42.2 Å². The van der Waals surface area contributed by atoms with Crippen LogP contribution in [0.4, 0.5) is 0 Å². The second-order valence-electron chi connectivity index (χ2n) is 7.10. The number of unbranched alkanes of at least 4 members (excludes halogenated alkanes) is 1. The fraction of sp³-hybridized carbons (Fsp3) is 0.600. The third-order valence-corrected chi connectivity index (χ3v) is 5.54. The van der Waals surface area contributed by atoms with Gasteiger partial charge in [-0.3, -0.25) is 0 Å². The molecule has 1 fully saturated rings. The van der Waals surface area contributed by atoms with Crippen molar-refractivity contribution in [2.45, 2.75) is 57.7 Å². The molecule has 27 heavy (non-hydrogen) atoms. The van der Waals surface area contributed by atoms with Crippen LogP contribution in [0.1, 0.15) is 51.0 Å². The van der Waals surface area contributed by atoms with Crippen molar-refractivity contribution in [2.24, 2.45) is 11.1 Å². The first kappa shape index (κ1) is 20.1. The van der Waals surface area contributed by atoms with Crippen LogP contribution in [0.2, 0.25) is 0 Å². The Morgan fingerprint density at radius 2 is 2.26 bits per heavy atom. The Hall–Kier alpha value is -1.60. The van der Waals surface area contributed by atoms with Crippen molar-refractivity contribution in [3.05, 3.63) is 28.2 Å². The van der Waals surface area contributed by atoms with Gasteiger partial charge in [-0.2, -0.15) is 0 Å². The molecule has 3 rings (SSSR count). The lowest BCUT2D eigenvalue weighted by molar-refractivity contribution is -0.146. The summed E-state index contributed by atoms with van der Waals surface area (Å²) in [6.07, 6.45) is 4.74. The highest BCUT2D eigenvalue weighted by Gasteiger charge is 2.32. The number of oxime groups is 1. The van der Waals surface area contributed by atoms with Gasteiger partial charge in [0.15, 0.2) is 6.10 Å². The fourth-order valence-electron chi connectivity index (χ4n) is 3.22. The zero-order valence-corrected chi connectivity index (χ0v) is 17.1. The molecule has 0 bridgehead atoms. The normalized spacial score (nSPS) is 20.5. The number of halogens is 1. The number of carboxylic acids is 1. The summed E-state index contributed by atoms with van der Waals surface area (Å²) in [4.78, 5) is 17.0. The zero-order valence-electron chi connectivity index (χ0n) is 15.5. The molecule has 2 aliphatic rings. The highest BCUT2D eigenvalue weighted by Crippen LogP contribution is 2.33. The van der Waals surface area contributed by atoms with E-state index in [-0.39, 0.29) is 6.10 Å². The summed E-state index contributed by atoms with van der Waals surface area (Å²) in [7, 11) is 0. The first-order valence-corrected chi connectivity index (χ1v) is 10.4. The van der Waals surface area contributed by atoms with Crippen molar-refractivity contribution >= 4 is 27.6 Å². The van der Waals surface area contributed by atoms with E-state index in [1.165, 1.54) is 6.42 Å². The number of carboxylic acid groups (broad SMARTS) is 1. The van der Waals surface area contributed by atoms with Crippen LogP contribution in [0.3, 0.4) is 0 Å². The van der Waals surface area contributed by atoms with E-state index >= 15 is 0 Å². The zero-order chi connectivity index (χ0) is 19.2. The van der Waals surface area contributed by atoms with Crippen LogP contribution in [-0.2, 0) is 14.4 Å². The maximum Gasteiger partial charge on any atom is 0.344 e. The van der Waals surface area contributed by atoms with E-state index in [4.69, 9.17) is 14.3 Å². The van der Waals surface area contributed by atoms with Crippen LogP contribution in [0, 0.1) is 5.92 Å². The van der Waals surface area contributed by atoms with Gasteiger partial charge in [0.25, 0.3) is 0 Å². The summed E-state index contributed by atoms with van der Waals surface area (Å²) in [5.74, 6) is -0.00308. The number of ether oxygens (including phenoxy) is 2. The Kier molecular flexibility index (Phi) is 7.13. The number of benzene rings is 1. The minimum atomic E-state index is -0.934. The number of nitrogens with zero attached hydrogens (tertiary/aromatic N) is 1. The largest absolute Gasteiger partial charge is 0.479 e. The molecule has 1 aliphatic carbocycles. The van der Waals surface area contributed by atoms with Gasteiger partial charge in [0.05, 0.1) is 0 Å². The molecule has 148 valence electrons. The standard InChI is InChI=1S/C20H26BrNO5/c1-2-3-9-25-18-12-26-22-19(18)15-11-14(21)7-8-16(15)27-17(20(23)24)10-13-5-4-6-13/h7-8,11,13,17-18H,2-6,9-10,12H2,1H3,(H,23,24). The molecule has 0 saturated heterocycles. The average molecular weight is 440 g/mol. The number of hydrogen-bond donors (Lipinski definition) is 1. The molecular weight excluding hydrogens is 414 g/mol. The monoisotopic (exact) mass is 439 g/mol. The van der Waals surface area contributed by atoms with Crippen LogP contribution < -0.4 is 4.74 Å². The van der Waals surface area contributed by atoms with Crippen molar-refractivity contribution < 1.29 is 24.2 Å². The molecule has 0 radical (unpaired) electrons. The van der Waals surface area contributed by atoms with Gasteiger partial charge in [0.2, 0.25) is 0 Å². The first-order valence-electron chi connectivity index (χ1n) is 9.59. The molecule has 6 nitrogen and oxygen atoms in total. The molecule has 2 atom stereocenters. The SMILES string of the molecule is CCCCOC1CON=C1c1cc(Br)ccc1OC(CC1CCC1)C(=O)O. The van der Waals surface area contributed by atoms with Crippen molar-refractivity contribution in [2.75, 3.05) is 13.2 Å². The van der Waals surface area contributed by atoms with Gasteiger partial charge in [0, 0.05) is 16.6 Å². The van der Waals surface area contributed by atoms with Crippen molar-refractivity contribution in [1.82, 2.24) is 0 Å². The van der Waals surface area contributed by atoms with E-state index in [2.05, 4.69) is 28.0 Å². The van der Waals surface area contributed by atoms with Crippen LogP contribution in [0.5, 0.6) is 5.75 Å². The van der Waals surface area contributed by atoms with Crippen molar-refractivity contribution in [3.63, 3.8) is 0 Å². The molecule has 1 aromatic carbocycles. The Labute approximate surface area is 168 Å². The molecule has 1 aromatic rings. The minimum absolute atomic E-state index is 0.275. The predicted molar refractivity (Wildman–Crippen MR) is 105 cm³/mol. The smallest absolute Gasteiger partial charge is 0.344 e. The highest BCUT2D eigenvalue weighted by atomic mass is 79.9. The fourth-order valence-corrected chi connectivity index (χ4v) is 3.58. The summed E-state index contributed by atoms with van der Waals surface area (Å²) >= 11 is 3.47. The Morgan fingerprint density at radius 1 is 1.44 bits per heavy atom. The lowest BCUT2D eigenvalue weighted by Gasteiger charge is -2.28. The maximum absolute atomic E-state index is 11.7. The summed E-state index contributed by atoms with van der Waals surface area (Å²) < 4.78 is 12.7. The van der Waals surface area contributed by atoms with Gasteiger partial charge in [-0.25, -0.2) is 4.79 Å². The second kappa shape index (κ2) is 9.55. The van der Waals surface area contributed by atoms with Gasteiger partial charge >= 0.3 is 5.97 Å². The molecule has 7 heteroatoms. The third-order valence-electron chi connectivity index (χ3n) is 5.05. The molecular formula is C20H26BrNO5. The molecule has 0 amide bonds. The van der Waals surface area contributed by atoms with Gasteiger partial charge in [-0.05, 0) is 37.0 Å².